The molecule has 12 heavy (non-hydrogen) atoms. The number of hydrogen-bond acceptors (Lipinski definition) is 1. The van der Waals surface area contributed by atoms with Gasteiger partial charge in [0.15, 0.2) is 0 Å². The molecule has 0 radical (unpaired) electrons. The molecule has 2 fully saturated rings. The number of allylic oxidation sites excluding steroid dienone is 1. The van der Waals surface area contributed by atoms with E-state index in [4.69, 9.17) is 5.11 Å². The summed E-state index contributed by atoms with van der Waals surface area (Å²) in [6.07, 6.45) is 4.31. The van der Waals surface area contributed by atoms with Crippen molar-refractivity contribution >= 4 is 0 Å². The highest BCUT2D eigenvalue weighted by molar-refractivity contribution is 5.22. The van der Waals surface area contributed by atoms with Crippen molar-refractivity contribution in [3.63, 3.8) is 0 Å². The van der Waals surface area contributed by atoms with Crippen LogP contribution in [0.1, 0.15) is 33.1 Å². The van der Waals surface area contributed by atoms with Gasteiger partial charge in [-0.15, -0.1) is 0 Å². The van der Waals surface area contributed by atoms with Gasteiger partial charge < -0.3 is 5.11 Å². The second-order valence-corrected chi connectivity index (χ2v) is 4.45. The Bertz CT molecular complexity index is 181. The first-order chi connectivity index (χ1) is 5.62. The molecular formula is C11H20O. The summed E-state index contributed by atoms with van der Waals surface area (Å²) in [6.45, 7) is 8.91. The average Bonchev–Trinajstić information content (AvgIpc) is 2.60. The van der Waals surface area contributed by atoms with Crippen molar-refractivity contribution in [3.05, 3.63) is 12.2 Å². The molecule has 2 aliphatic rings. The first-order valence-corrected chi connectivity index (χ1v) is 4.76. The molecule has 70 valence electrons. The Morgan fingerprint density at radius 2 is 1.92 bits per heavy atom. The molecule has 2 bridgehead atoms. The van der Waals surface area contributed by atoms with E-state index in [-0.39, 0.29) is 0 Å². The highest BCUT2D eigenvalue weighted by Gasteiger charge is 2.47. The maximum Gasteiger partial charge on any atom is 0.0319 e. The van der Waals surface area contributed by atoms with Gasteiger partial charge in [-0.05, 0) is 36.5 Å². The number of rotatable bonds is 0. The minimum absolute atomic E-state index is 0.475. The molecule has 0 amide bonds. The van der Waals surface area contributed by atoms with Crippen LogP contribution >= 0.6 is 0 Å². The van der Waals surface area contributed by atoms with E-state index in [1.807, 2.05) is 0 Å². The van der Waals surface area contributed by atoms with E-state index in [1.165, 1.54) is 24.8 Å². The minimum Gasteiger partial charge on any atom is -0.400 e. The zero-order valence-electron chi connectivity index (χ0n) is 8.43. The quantitative estimate of drug-likeness (QED) is 0.551. The summed E-state index contributed by atoms with van der Waals surface area (Å²) in [5, 5.41) is 7.00. The number of hydrogen-bond donors (Lipinski definition) is 1. The largest absolute Gasteiger partial charge is 0.400 e. The highest BCUT2D eigenvalue weighted by Crippen LogP contribution is 2.58. The molecule has 0 spiro atoms. The van der Waals surface area contributed by atoms with Gasteiger partial charge in [-0.1, -0.05) is 26.0 Å². The lowest BCUT2D eigenvalue weighted by molar-refractivity contribution is 0.289. The predicted molar refractivity (Wildman–Crippen MR) is 51.9 cm³/mol. The standard InChI is InChI=1S/C10H16.CH4O/c1-7-8-4-5-9(6-8)10(7,2)3;1-2/h8-9H,1,4-6H2,2-3H3;2H,1H3. The first kappa shape index (κ1) is 9.79. The second-order valence-electron chi connectivity index (χ2n) is 4.45. The van der Waals surface area contributed by atoms with Crippen LogP contribution in [0, 0.1) is 17.3 Å². The van der Waals surface area contributed by atoms with Crippen LogP contribution in [0.3, 0.4) is 0 Å². The van der Waals surface area contributed by atoms with E-state index in [2.05, 4.69) is 20.4 Å². The Morgan fingerprint density at radius 3 is 2.17 bits per heavy atom. The first-order valence-electron chi connectivity index (χ1n) is 4.76. The molecule has 0 saturated heterocycles. The minimum atomic E-state index is 0.475. The summed E-state index contributed by atoms with van der Waals surface area (Å²) < 4.78 is 0. The highest BCUT2D eigenvalue weighted by atomic mass is 16.2. The molecule has 2 aliphatic carbocycles. The van der Waals surface area contributed by atoms with Gasteiger partial charge in [-0.25, -0.2) is 0 Å². The number of aliphatic hydroxyl groups excluding tert-OH is 1. The van der Waals surface area contributed by atoms with Crippen LogP contribution in [0.15, 0.2) is 12.2 Å². The van der Waals surface area contributed by atoms with Crippen molar-refractivity contribution in [3.8, 4) is 0 Å². The van der Waals surface area contributed by atoms with Crippen molar-refractivity contribution in [2.45, 2.75) is 33.1 Å². The van der Waals surface area contributed by atoms with Crippen molar-refractivity contribution in [1.29, 1.82) is 0 Å². The van der Waals surface area contributed by atoms with Crippen molar-refractivity contribution in [2.75, 3.05) is 7.11 Å². The number of aliphatic hydroxyl groups is 1. The molecule has 0 heterocycles. The molecule has 2 atom stereocenters. The van der Waals surface area contributed by atoms with Crippen LogP contribution in [0.25, 0.3) is 0 Å². The van der Waals surface area contributed by atoms with Crippen LogP contribution < -0.4 is 0 Å². The van der Waals surface area contributed by atoms with Gasteiger partial charge in [-0.2, -0.15) is 0 Å². The summed E-state index contributed by atoms with van der Waals surface area (Å²) in [5.41, 5.74) is 2.01. The van der Waals surface area contributed by atoms with Gasteiger partial charge in [0.1, 0.15) is 0 Å². The third kappa shape index (κ3) is 1.20. The van der Waals surface area contributed by atoms with Crippen LogP contribution in [-0.4, -0.2) is 12.2 Å². The van der Waals surface area contributed by atoms with E-state index in [1.54, 1.807) is 0 Å². The SMILES string of the molecule is C=C1C2CCC(C2)C1(C)C.CO. The molecule has 2 unspecified atom stereocenters. The third-order valence-corrected chi connectivity index (χ3v) is 3.77. The molecule has 0 aliphatic heterocycles. The monoisotopic (exact) mass is 168 g/mol. The molecular weight excluding hydrogens is 148 g/mol. The molecule has 0 aromatic rings. The average molecular weight is 168 g/mol. The predicted octanol–water partition coefficient (Wildman–Crippen LogP) is 2.61. The number of fused-ring (bicyclic) bond motifs is 2. The Morgan fingerprint density at radius 1 is 1.33 bits per heavy atom. The maximum absolute atomic E-state index is 7.00. The van der Waals surface area contributed by atoms with Crippen molar-refractivity contribution < 1.29 is 5.11 Å². The van der Waals surface area contributed by atoms with Gasteiger partial charge >= 0.3 is 0 Å². The Balaban J connectivity index is 0.000000336. The topological polar surface area (TPSA) is 20.2 Å². The van der Waals surface area contributed by atoms with Gasteiger partial charge in [0.25, 0.3) is 0 Å². The molecule has 2 saturated carbocycles. The summed E-state index contributed by atoms with van der Waals surface area (Å²) in [6, 6.07) is 0. The fourth-order valence-corrected chi connectivity index (χ4v) is 2.74. The molecule has 0 aromatic carbocycles. The molecule has 1 heteroatoms. The van der Waals surface area contributed by atoms with Gasteiger partial charge in [0, 0.05) is 7.11 Å². The van der Waals surface area contributed by atoms with Crippen LogP contribution in [-0.2, 0) is 0 Å². The summed E-state index contributed by atoms with van der Waals surface area (Å²) in [5.74, 6) is 1.85. The molecule has 1 N–H and O–H groups in total. The van der Waals surface area contributed by atoms with Gasteiger partial charge in [0.05, 0.1) is 0 Å². The fraction of sp³-hybridized carbons (Fsp3) is 0.818. The van der Waals surface area contributed by atoms with E-state index in [9.17, 15) is 0 Å². The van der Waals surface area contributed by atoms with Gasteiger partial charge in [-0.3, -0.25) is 0 Å². The Hall–Kier alpha value is -0.300. The third-order valence-electron chi connectivity index (χ3n) is 3.77. The van der Waals surface area contributed by atoms with Crippen molar-refractivity contribution in [1.82, 2.24) is 0 Å². The lowest BCUT2D eigenvalue weighted by atomic mass is 9.73. The van der Waals surface area contributed by atoms with Crippen LogP contribution in [0.5, 0.6) is 0 Å². The van der Waals surface area contributed by atoms with Crippen molar-refractivity contribution in [2.24, 2.45) is 17.3 Å². The van der Waals surface area contributed by atoms with Crippen LogP contribution in [0.2, 0.25) is 0 Å². The fourth-order valence-electron chi connectivity index (χ4n) is 2.74. The summed E-state index contributed by atoms with van der Waals surface area (Å²) >= 11 is 0. The van der Waals surface area contributed by atoms with E-state index >= 15 is 0 Å². The molecule has 1 nitrogen and oxygen atoms in total. The second kappa shape index (κ2) is 3.21. The smallest absolute Gasteiger partial charge is 0.0319 e. The van der Waals surface area contributed by atoms with Gasteiger partial charge in [0.2, 0.25) is 0 Å². The van der Waals surface area contributed by atoms with Crippen LogP contribution in [0.4, 0.5) is 0 Å². The maximum atomic E-state index is 7.00. The van der Waals surface area contributed by atoms with E-state index < -0.39 is 0 Å². The lowest BCUT2D eigenvalue weighted by Gasteiger charge is -2.31. The summed E-state index contributed by atoms with van der Waals surface area (Å²) in [4.78, 5) is 0. The normalized spacial score (nSPS) is 36.2. The lowest BCUT2D eigenvalue weighted by Crippen LogP contribution is -2.21. The van der Waals surface area contributed by atoms with E-state index in [0.717, 1.165) is 18.9 Å². The molecule has 0 aromatic heterocycles. The Kier molecular flexibility index (Phi) is 2.62. The zero-order chi connectivity index (χ0) is 9.35. The molecule has 2 rings (SSSR count). The summed E-state index contributed by atoms with van der Waals surface area (Å²) in [7, 11) is 1.00. The van der Waals surface area contributed by atoms with E-state index in [0.29, 0.717) is 5.41 Å². The Labute approximate surface area is 75.5 Å². The zero-order valence-corrected chi connectivity index (χ0v) is 8.43.